The maximum absolute atomic E-state index is 12.0. The summed E-state index contributed by atoms with van der Waals surface area (Å²) >= 11 is 0. The van der Waals surface area contributed by atoms with Gasteiger partial charge in [-0.25, -0.2) is 12.7 Å². The van der Waals surface area contributed by atoms with Crippen LogP contribution in [0, 0.1) is 0 Å². The summed E-state index contributed by atoms with van der Waals surface area (Å²) in [6.07, 6.45) is 0.345. The van der Waals surface area contributed by atoms with Crippen LogP contribution in [0.4, 0.5) is 5.69 Å². The van der Waals surface area contributed by atoms with Gasteiger partial charge in [0.15, 0.2) is 0 Å². The first-order valence-electron chi connectivity index (χ1n) is 6.20. The number of hydrogen-bond donors (Lipinski definition) is 1. The second-order valence-corrected chi connectivity index (χ2v) is 6.69. The fourth-order valence-electron chi connectivity index (χ4n) is 1.70. The first kappa shape index (κ1) is 16.5. The van der Waals surface area contributed by atoms with E-state index in [-0.39, 0.29) is 25.1 Å². The number of esters is 1. The van der Waals surface area contributed by atoms with Crippen LogP contribution in [0.3, 0.4) is 0 Å². The summed E-state index contributed by atoms with van der Waals surface area (Å²) in [7, 11) is -0.599. The van der Waals surface area contributed by atoms with E-state index in [1.807, 2.05) is 6.07 Å². The average molecular weight is 300 g/mol. The SMILES string of the molecule is COC(=O)CCCS(=O)(=O)N(C)Cc1cccc(N)c1. The Bertz CT molecular complexity index is 557. The quantitative estimate of drug-likeness (QED) is 0.599. The van der Waals surface area contributed by atoms with Crippen molar-refractivity contribution in [2.75, 3.05) is 25.6 Å². The Kier molecular flexibility index (Phi) is 5.97. The highest BCUT2D eigenvalue weighted by Gasteiger charge is 2.18. The van der Waals surface area contributed by atoms with Gasteiger partial charge in [-0.05, 0) is 24.1 Å². The molecule has 0 aliphatic rings. The Hall–Kier alpha value is -1.60. The van der Waals surface area contributed by atoms with Crippen molar-refractivity contribution < 1.29 is 17.9 Å². The third kappa shape index (κ3) is 5.18. The number of benzene rings is 1. The summed E-state index contributed by atoms with van der Waals surface area (Å²) in [6.45, 7) is 0.256. The van der Waals surface area contributed by atoms with E-state index in [9.17, 15) is 13.2 Å². The van der Waals surface area contributed by atoms with Crippen molar-refractivity contribution >= 4 is 21.7 Å². The van der Waals surface area contributed by atoms with Gasteiger partial charge >= 0.3 is 5.97 Å². The highest BCUT2D eigenvalue weighted by molar-refractivity contribution is 7.89. The molecule has 0 saturated carbocycles. The van der Waals surface area contributed by atoms with Crippen LogP contribution in [0.1, 0.15) is 18.4 Å². The molecule has 1 aromatic rings. The predicted molar refractivity (Wildman–Crippen MR) is 77.4 cm³/mol. The molecule has 0 amide bonds. The number of rotatable bonds is 7. The number of ether oxygens (including phenoxy) is 1. The number of hydrogen-bond acceptors (Lipinski definition) is 5. The van der Waals surface area contributed by atoms with Crippen LogP contribution in [0.25, 0.3) is 0 Å². The van der Waals surface area contributed by atoms with Crippen molar-refractivity contribution in [3.05, 3.63) is 29.8 Å². The molecule has 0 saturated heterocycles. The van der Waals surface area contributed by atoms with E-state index in [1.54, 1.807) is 18.2 Å². The van der Waals surface area contributed by atoms with Crippen LogP contribution >= 0.6 is 0 Å². The summed E-state index contributed by atoms with van der Waals surface area (Å²) in [5, 5.41) is 0. The minimum atomic E-state index is -3.39. The topological polar surface area (TPSA) is 89.7 Å². The molecule has 0 aliphatic carbocycles. The number of carbonyl (C=O) groups excluding carboxylic acids is 1. The molecule has 112 valence electrons. The summed E-state index contributed by atoms with van der Waals surface area (Å²) in [5.41, 5.74) is 7.07. The van der Waals surface area contributed by atoms with Gasteiger partial charge in [0, 0.05) is 25.7 Å². The Morgan fingerprint density at radius 3 is 2.70 bits per heavy atom. The maximum Gasteiger partial charge on any atom is 0.305 e. The standard InChI is InChI=1S/C13H20N2O4S/c1-15(10-11-5-3-6-12(14)9-11)20(17,18)8-4-7-13(16)19-2/h3,5-6,9H,4,7-8,10,14H2,1-2H3. The summed E-state index contributed by atoms with van der Waals surface area (Å²) < 4.78 is 29.8. The minimum absolute atomic E-state index is 0.0824. The zero-order chi connectivity index (χ0) is 15.2. The molecule has 0 aliphatic heterocycles. The number of carbonyl (C=O) groups is 1. The van der Waals surface area contributed by atoms with Gasteiger partial charge in [-0.1, -0.05) is 12.1 Å². The predicted octanol–water partition coefficient (Wildman–Crippen LogP) is 0.984. The van der Waals surface area contributed by atoms with Gasteiger partial charge in [0.05, 0.1) is 12.9 Å². The molecular formula is C13H20N2O4S. The largest absolute Gasteiger partial charge is 0.469 e. The highest BCUT2D eigenvalue weighted by Crippen LogP contribution is 2.12. The van der Waals surface area contributed by atoms with E-state index in [0.29, 0.717) is 5.69 Å². The fourth-order valence-corrected chi connectivity index (χ4v) is 2.87. The zero-order valence-electron chi connectivity index (χ0n) is 11.7. The van der Waals surface area contributed by atoms with Gasteiger partial charge in [-0.2, -0.15) is 0 Å². The van der Waals surface area contributed by atoms with Crippen LogP contribution in [0.5, 0.6) is 0 Å². The number of nitrogens with two attached hydrogens (primary N) is 1. The van der Waals surface area contributed by atoms with E-state index in [4.69, 9.17) is 5.73 Å². The molecule has 1 rings (SSSR count). The normalized spacial score (nSPS) is 11.6. The molecule has 2 N–H and O–H groups in total. The number of nitrogens with zero attached hydrogens (tertiary/aromatic N) is 1. The summed E-state index contributed by atoms with van der Waals surface area (Å²) in [6, 6.07) is 7.08. The lowest BCUT2D eigenvalue weighted by Gasteiger charge is -2.17. The average Bonchev–Trinajstić information content (AvgIpc) is 2.38. The molecule has 7 heteroatoms. The molecule has 0 radical (unpaired) electrons. The van der Waals surface area contributed by atoms with Gasteiger partial charge in [-0.3, -0.25) is 4.79 Å². The molecule has 20 heavy (non-hydrogen) atoms. The lowest BCUT2D eigenvalue weighted by Crippen LogP contribution is -2.29. The van der Waals surface area contributed by atoms with Crippen LogP contribution in [0.2, 0.25) is 0 Å². The first-order chi connectivity index (χ1) is 9.35. The van der Waals surface area contributed by atoms with E-state index >= 15 is 0 Å². The van der Waals surface area contributed by atoms with Crippen molar-refractivity contribution in [2.24, 2.45) is 0 Å². The molecule has 6 nitrogen and oxygen atoms in total. The molecule has 0 aromatic heterocycles. The second-order valence-electron chi connectivity index (χ2n) is 4.50. The fraction of sp³-hybridized carbons (Fsp3) is 0.462. The molecule has 0 atom stereocenters. The number of sulfonamides is 1. The molecular weight excluding hydrogens is 280 g/mol. The Labute approximate surface area is 119 Å². The molecule has 0 spiro atoms. The maximum atomic E-state index is 12.0. The second kappa shape index (κ2) is 7.25. The summed E-state index contributed by atoms with van der Waals surface area (Å²) in [4.78, 5) is 11.0. The van der Waals surface area contributed by atoms with Crippen molar-refractivity contribution in [1.82, 2.24) is 4.31 Å². The lowest BCUT2D eigenvalue weighted by molar-refractivity contribution is -0.140. The van der Waals surface area contributed by atoms with Gasteiger partial charge in [0.25, 0.3) is 0 Å². The van der Waals surface area contributed by atoms with Crippen molar-refractivity contribution in [1.29, 1.82) is 0 Å². The van der Waals surface area contributed by atoms with E-state index < -0.39 is 16.0 Å². The molecule has 0 heterocycles. The molecule has 0 fully saturated rings. The van der Waals surface area contributed by atoms with E-state index in [0.717, 1.165) is 5.56 Å². The van der Waals surface area contributed by atoms with Crippen LogP contribution < -0.4 is 5.73 Å². The Morgan fingerprint density at radius 2 is 2.10 bits per heavy atom. The van der Waals surface area contributed by atoms with Gasteiger partial charge in [0.1, 0.15) is 0 Å². The van der Waals surface area contributed by atoms with Gasteiger partial charge in [-0.15, -0.1) is 0 Å². The highest BCUT2D eigenvalue weighted by atomic mass is 32.2. The number of anilines is 1. The van der Waals surface area contributed by atoms with Crippen LogP contribution in [0.15, 0.2) is 24.3 Å². The Morgan fingerprint density at radius 1 is 1.40 bits per heavy atom. The number of nitrogen functional groups attached to an aromatic ring is 1. The van der Waals surface area contributed by atoms with Gasteiger partial charge < -0.3 is 10.5 Å². The molecule has 0 unspecified atom stereocenters. The lowest BCUT2D eigenvalue weighted by atomic mass is 10.2. The minimum Gasteiger partial charge on any atom is -0.469 e. The van der Waals surface area contributed by atoms with Crippen molar-refractivity contribution in [3.8, 4) is 0 Å². The smallest absolute Gasteiger partial charge is 0.305 e. The van der Waals surface area contributed by atoms with Crippen molar-refractivity contribution in [2.45, 2.75) is 19.4 Å². The molecule has 0 bridgehead atoms. The third-order valence-corrected chi connectivity index (χ3v) is 4.73. The monoisotopic (exact) mass is 300 g/mol. The van der Waals surface area contributed by atoms with Gasteiger partial charge in [0.2, 0.25) is 10.0 Å². The van der Waals surface area contributed by atoms with Crippen LogP contribution in [-0.2, 0) is 26.1 Å². The number of methoxy groups -OCH3 is 1. The molecule has 1 aromatic carbocycles. The Balaban J connectivity index is 2.56. The third-order valence-electron chi connectivity index (χ3n) is 2.84. The van der Waals surface area contributed by atoms with E-state index in [2.05, 4.69) is 4.74 Å². The summed E-state index contributed by atoms with van der Waals surface area (Å²) in [5.74, 6) is -0.486. The van der Waals surface area contributed by atoms with E-state index in [1.165, 1.54) is 18.5 Å². The first-order valence-corrected chi connectivity index (χ1v) is 7.81. The van der Waals surface area contributed by atoms with Crippen LogP contribution in [-0.4, -0.2) is 38.6 Å². The van der Waals surface area contributed by atoms with Crippen molar-refractivity contribution in [3.63, 3.8) is 0 Å². The zero-order valence-corrected chi connectivity index (χ0v) is 12.5.